The minimum atomic E-state index is -3.75. The van der Waals surface area contributed by atoms with E-state index in [1.165, 1.54) is 30.3 Å². The molecule has 0 aliphatic carbocycles. The lowest BCUT2D eigenvalue weighted by Crippen LogP contribution is -2.37. The normalized spacial score (nSPS) is 12.7. The molecule has 1 heterocycles. The highest BCUT2D eigenvalue weighted by Crippen LogP contribution is 2.36. The second kappa shape index (κ2) is 6.60. The second-order valence-corrected chi connectivity index (χ2v) is 7.24. The van der Waals surface area contributed by atoms with Gasteiger partial charge in [-0.1, -0.05) is 12.1 Å². The summed E-state index contributed by atoms with van der Waals surface area (Å²) in [5, 5.41) is 2.36. The highest BCUT2D eigenvalue weighted by atomic mass is 32.2. The molecule has 3 rings (SSSR count). The van der Waals surface area contributed by atoms with Crippen LogP contribution in [0.1, 0.15) is 0 Å². The van der Waals surface area contributed by atoms with Gasteiger partial charge < -0.3 is 14.8 Å². The van der Waals surface area contributed by atoms with Gasteiger partial charge in [0.2, 0.25) is 22.7 Å². The van der Waals surface area contributed by atoms with E-state index < -0.39 is 28.3 Å². The quantitative estimate of drug-likeness (QED) is 0.874. The fourth-order valence-electron chi connectivity index (χ4n) is 2.32. The number of amides is 1. The third-order valence-electron chi connectivity index (χ3n) is 3.48. The molecule has 7 nitrogen and oxygen atoms in total. The van der Waals surface area contributed by atoms with Gasteiger partial charge in [-0.2, -0.15) is 0 Å². The van der Waals surface area contributed by atoms with Gasteiger partial charge >= 0.3 is 0 Å². The van der Waals surface area contributed by atoms with Crippen LogP contribution in [0.25, 0.3) is 0 Å². The maximum Gasteiger partial charge on any atom is 0.245 e. The van der Waals surface area contributed by atoms with Crippen molar-refractivity contribution in [2.75, 3.05) is 29.2 Å². The molecule has 2 aromatic carbocycles. The van der Waals surface area contributed by atoms with E-state index in [-0.39, 0.29) is 18.2 Å². The topological polar surface area (TPSA) is 84.9 Å². The van der Waals surface area contributed by atoms with Crippen LogP contribution in [0.2, 0.25) is 0 Å². The third-order valence-corrected chi connectivity index (χ3v) is 4.62. The number of carbonyl (C=O) groups is 1. The van der Waals surface area contributed by atoms with Crippen molar-refractivity contribution in [1.29, 1.82) is 0 Å². The summed E-state index contributed by atoms with van der Waals surface area (Å²) in [7, 11) is -3.75. The molecular weight excluding hydrogens is 351 g/mol. The van der Waals surface area contributed by atoms with Crippen molar-refractivity contribution in [2.45, 2.75) is 0 Å². The van der Waals surface area contributed by atoms with Crippen molar-refractivity contribution < 1.29 is 27.1 Å². The number of benzene rings is 2. The summed E-state index contributed by atoms with van der Waals surface area (Å²) in [6.07, 6.45) is 0.980. The number of halogens is 1. The molecule has 132 valence electrons. The Bertz CT molecular complexity index is 916. The lowest BCUT2D eigenvalue weighted by molar-refractivity contribution is -0.114. The van der Waals surface area contributed by atoms with Crippen molar-refractivity contribution in [2.24, 2.45) is 0 Å². The summed E-state index contributed by atoms with van der Waals surface area (Å²) in [5.74, 6) is -0.397. The molecule has 9 heteroatoms. The number of rotatable bonds is 5. The number of nitrogens with one attached hydrogen (secondary N) is 1. The van der Waals surface area contributed by atoms with Crippen LogP contribution in [0.5, 0.6) is 11.5 Å². The molecule has 1 N–H and O–H groups in total. The van der Waals surface area contributed by atoms with E-state index >= 15 is 0 Å². The molecule has 0 aromatic heterocycles. The first-order chi connectivity index (χ1) is 11.8. The molecule has 0 radical (unpaired) electrons. The summed E-state index contributed by atoms with van der Waals surface area (Å²) in [4.78, 5) is 12.2. The predicted molar refractivity (Wildman–Crippen MR) is 89.8 cm³/mol. The molecule has 0 spiro atoms. The van der Waals surface area contributed by atoms with Crippen LogP contribution in [0.15, 0.2) is 42.5 Å². The largest absolute Gasteiger partial charge is 0.454 e. The Morgan fingerprint density at radius 3 is 2.64 bits per heavy atom. The van der Waals surface area contributed by atoms with Gasteiger partial charge in [0.05, 0.1) is 17.6 Å². The summed E-state index contributed by atoms with van der Waals surface area (Å²) in [5.41, 5.74) is 0.224. The number of anilines is 2. The summed E-state index contributed by atoms with van der Waals surface area (Å²) in [6, 6.07) is 10.2. The first kappa shape index (κ1) is 17.0. The van der Waals surface area contributed by atoms with Crippen molar-refractivity contribution in [3.8, 4) is 11.5 Å². The SMILES string of the molecule is CS(=O)(=O)N(CC(=O)Nc1ccccc1F)c1ccc2c(c1)OCO2. The van der Waals surface area contributed by atoms with Crippen LogP contribution >= 0.6 is 0 Å². The number of hydrogen-bond donors (Lipinski definition) is 1. The van der Waals surface area contributed by atoms with Crippen molar-refractivity contribution in [3.63, 3.8) is 0 Å². The van der Waals surface area contributed by atoms with Gasteiger partial charge in [-0.05, 0) is 24.3 Å². The Balaban J connectivity index is 1.82. The van der Waals surface area contributed by atoms with Crippen molar-refractivity contribution in [3.05, 3.63) is 48.3 Å². The van der Waals surface area contributed by atoms with E-state index in [1.54, 1.807) is 12.1 Å². The zero-order valence-electron chi connectivity index (χ0n) is 13.2. The van der Waals surface area contributed by atoms with Gasteiger partial charge in [0.15, 0.2) is 11.5 Å². The number of ether oxygens (including phenoxy) is 2. The van der Waals surface area contributed by atoms with E-state index in [0.29, 0.717) is 11.5 Å². The number of sulfonamides is 1. The highest BCUT2D eigenvalue weighted by molar-refractivity contribution is 7.92. The highest BCUT2D eigenvalue weighted by Gasteiger charge is 2.24. The van der Waals surface area contributed by atoms with Crippen molar-refractivity contribution >= 4 is 27.3 Å². The standard InChI is InChI=1S/C16H15FN2O5S/c1-25(21,22)19(11-6-7-14-15(8-11)24-10-23-14)9-16(20)18-13-5-3-2-4-12(13)17/h2-8H,9-10H2,1H3,(H,18,20). The van der Waals surface area contributed by atoms with Gasteiger partial charge in [-0.15, -0.1) is 0 Å². The van der Waals surface area contributed by atoms with Crippen LogP contribution < -0.4 is 19.1 Å². The fourth-order valence-corrected chi connectivity index (χ4v) is 3.17. The number of nitrogens with zero attached hydrogens (tertiary/aromatic N) is 1. The van der Waals surface area contributed by atoms with E-state index in [2.05, 4.69) is 5.32 Å². The van der Waals surface area contributed by atoms with Gasteiger partial charge in [-0.25, -0.2) is 12.8 Å². The summed E-state index contributed by atoms with van der Waals surface area (Å²) < 4.78 is 49.1. The van der Waals surface area contributed by atoms with Crippen LogP contribution in [0, 0.1) is 5.82 Å². The predicted octanol–water partition coefficient (Wildman–Crippen LogP) is 1.96. The fraction of sp³-hybridized carbons (Fsp3) is 0.188. The molecule has 1 aliphatic heterocycles. The van der Waals surface area contributed by atoms with Crippen LogP contribution in [-0.4, -0.2) is 33.9 Å². The number of carbonyl (C=O) groups excluding carboxylic acids is 1. The zero-order valence-corrected chi connectivity index (χ0v) is 14.0. The van der Waals surface area contributed by atoms with E-state index in [1.807, 2.05) is 0 Å². The number of fused-ring (bicyclic) bond motifs is 1. The Hall–Kier alpha value is -2.81. The number of para-hydroxylation sites is 1. The summed E-state index contributed by atoms with van der Waals surface area (Å²) >= 11 is 0. The van der Waals surface area contributed by atoms with E-state index in [0.717, 1.165) is 10.6 Å². The Kier molecular flexibility index (Phi) is 4.49. The van der Waals surface area contributed by atoms with Gasteiger partial charge in [0.25, 0.3) is 0 Å². The van der Waals surface area contributed by atoms with Crippen LogP contribution in [-0.2, 0) is 14.8 Å². The van der Waals surface area contributed by atoms with Crippen molar-refractivity contribution in [1.82, 2.24) is 0 Å². The lowest BCUT2D eigenvalue weighted by Gasteiger charge is -2.22. The van der Waals surface area contributed by atoms with E-state index in [9.17, 15) is 17.6 Å². The van der Waals surface area contributed by atoms with Crippen LogP contribution in [0.4, 0.5) is 15.8 Å². The first-order valence-electron chi connectivity index (χ1n) is 7.26. The summed E-state index contributed by atoms with van der Waals surface area (Å²) in [6.45, 7) is -0.460. The zero-order chi connectivity index (χ0) is 18.0. The number of hydrogen-bond acceptors (Lipinski definition) is 5. The molecule has 1 amide bonds. The van der Waals surface area contributed by atoms with Gasteiger partial charge in [0.1, 0.15) is 12.4 Å². The molecule has 0 unspecified atom stereocenters. The smallest absolute Gasteiger partial charge is 0.245 e. The van der Waals surface area contributed by atoms with Crippen LogP contribution in [0.3, 0.4) is 0 Å². The molecular formula is C16H15FN2O5S. The third kappa shape index (κ3) is 3.82. The molecule has 25 heavy (non-hydrogen) atoms. The molecule has 0 saturated heterocycles. The lowest BCUT2D eigenvalue weighted by atomic mass is 10.2. The minimum Gasteiger partial charge on any atom is -0.454 e. The Labute approximate surface area is 144 Å². The van der Waals surface area contributed by atoms with Gasteiger partial charge in [0, 0.05) is 6.07 Å². The average Bonchev–Trinajstić information content (AvgIpc) is 3.01. The molecule has 0 fully saturated rings. The Morgan fingerprint density at radius 1 is 1.20 bits per heavy atom. The molecule has 0 bridgehead atoms. The second-order valence-electron chi connectivity index (χ2n) is 5.34. The minimum absolute atomic E-state index is 0.0216. The first-order valence-corrected chi connectivity index (χ1v) is 9.11. The maximum atomic E-state index is 13.6. The molecule has 2 aromatic rings. The molecule has 1 aliphatic rings. The monoisotopic (exact) mass is 366 g/mol. The Morgan fingerprint density at radius 2 is 1.92 bits per heavy atom. The molecule has 0 atom stereocenters. The van der Waals surface area contributed by atoms with Gasteiger partial charge in [-0.3, -0.25) is 9.10 Å². The van der Waals surface area contributed by atoms with E-state index in [4.69, 9.17) is 9.47 Å². The maximum absolute atomic E-state index is 13.6. The molecule has 0 saturated carbocycles. The average molecular weight is 366 g/mol.